The molecular weight excluding hydrogens is 468 g/mol. The Morgan fingerprint density at radius 2 is 1.66 bits per heavy atom. The van der Waals surface area contributed by atoms with Gasteiger partial charge < -0.3 is 15.2 Å². The van der Waals surface area contributed by atoms with Gasteiger partial charge in [0.2, 0.25) is 0 Å². The number of nitrogens with one attached hydrogen (secondary N) is 2. The van der Waals surface area contributed by atoms with Crippen molar-refractivity contribution in [2.24, 2.45) is 0 Å². The minimum Gasteiger partial charge on any atom is -0.481 e. The third-order valence-electron chi connectivity index (χ3n) is 4.79. The smallest absolute Gasteiger partial charge is 0.307 e. The summed E-state index contributed by atoms with van der Waals surface area (Å²) in [5, 5.41) is 11.9. The fourth-order valence-electron chi connectivity index (χ4n) is 3.19. The number of anilines is 1. The van der Waals surface area contributed by atoms with E-state index in [1.54, 1.807) is 36.4 Å². The van der Waals surface area contributed by atoms with Gasteiger partial charge in [-0.05, 0) is 75.7 Å². The van der Waals surface area contributed by atoms with Gasteiger partial charge in [-0.3, -0.25) is 14.3 Å². The van der Waals surface area contributed by atoms with Crippen LogP contribution in [0, 0.1) is 6.92 Å². The summed E-state index contributed by atoms with van der Waals surface area (Å²) in [5.41, 5.74) is 1.26. The van der Waals surface area contributed by atoms with Crippen molar-refractivity contribution in [3.63, 3.8) is 0 Å². The number of sulfonamides is 1. The van der Waals surface area contributed by atoms with Crippen molar-refractivity contribution in [3.05, 3.63) is 83.4 Å². The number of carboxylic acid groups (broad SMARTS) is 1. The van der Waals surface area contributed by atoms with Crippen molar-refractivity contribution < 1.29 is 27.9 Å². The molecule has 0 heterocycles. The number of hydrogen-bond donors (Lipinski definition) is 3. The summed E-state index contributed by atoms with van der Waals surface area (Å²) in [6.07, 6.45) is -0.185. The summed E-state index contributed by atoms with van der Waals surface area (Å²) in [6.45, 7) is 7.38. The molecule has 0 saturated heterocycles. The van der Waals surface area contributed by atoms with E-state index in [1.807, 2.05) is 27.7 Å². The molecule has 0 saturated carbocycles. The minimum atomic E-state index is -3.99. The summed E-state index contributed by atoms with van der Waals surface area (Å²) in [5.74, 6) is -0.877. The standard InChI is InChI=1S/C26H28N2O6S/c1-17-8-11-21(12-9-17)35(32,33)28-22-16-19(25(31)27-26(2,3)4)10-13-23(22)34-20-7-5-6-18(14-20)15-24(29)30/h5-14,16,28H,15H2,1-4H3,(H,27,31)(H,29,30). The number of rotatable bonds is 8. The number of carbonyl (C=O) groups is 2. The lowest BCUT2D eigenvalue weighted by molar-refractivity contribution is -0.136. The first-order chi connectivity index (χ1) is 16.3. The Balaban J connectivity index is 2.00. The highest BCUT2D eigenvalue weighted by atomic mass is 32.2. The van der Waals surface area contributed by atoms with Crippen LogP contribution < -0.4 is 14.8 Å². The molecule has 1 amide bonds. The van der Waals surface area contributed by atoms with E-state index in [-0.39, 0.29) is 34.2 Å². The average Bonchev–Trinajstić information content (AvgIpc) is 2.73. The van der Waals surface area contributed by atoms with E-state index in [0.717, 1.165) is 5.56 Å². The third-order valence-corrected chi connectivity index (χ3v) is 6.17. The molecule has 0 aliphatic rings. The van der Waals surface area contributed by atoms with Crippen molar-refractivity contribution in [1.29, 1.82) is 0 Å². The van der Waals surface area contributed by atoms with Gasteiger partial charge in [-0.25, -0.2) is 8.42 Å². The maximum absolute atomic E-state index is 13.1. The number of hydrogen-bond acceptors (Lipinski definition) is 5. The molecule has 0 aliphatic carbocycles. The molecule has 0 radical (unpaired) electrons. The average molecular weight is 497 g/mol. The van der Waals surface area contributed by atoms with Gasteiger partial charge in [0.1, 0.15) is 5.75 Å². The predicted octanol–water partition coefficient (Wildman–Crippen LogP) is 4.74. The monoisotopic (exact) mass is 496 g/mol. The molecule has 35 heavy (non-hydrogen) atoms. The van der Waals surface area contributed by atoms with Crippen molar-refractivity contribution in [1.82, 2.24) is 5.32 Å². The van der Waals surface area contributed by atoms with E-state index < -0.39 is 21.5 Å². The third kappa shape index (κ3) is 7.31. The second kappa shape index (κ2) is 10.2. The molecule has 3 aromatic carbocycles. The molecule has 0 fully saturated rings. The molecule has 3 rings (SSSR count). The number of carboxylic acids is 1. The lowest BCUT2D eigenvalue weighted by atomic mass is 10.1. The Labute approximate surface area is 205 Å². The van der Waals surface area contributed by atoms with E-state index in [2.05, 4.69) is 10.0 Å². The van der Waals surface area contributed by atoms with Gasteiger partial charge in [-0.1, -0.05) is 29.8 Å². The zero-order valence-corrected chi connectivity index (χ0v) is 20.8. The van der Waals surface area contributed by atoms with Crippen molar-refractivity contribution >= 4 is 27.6 Å². The summed E-state index contributed by atoms with van der Waals surface area (Å²) >= 11 is 0. The Morgan fingerprint density at radius 3 is 2.29 bits per heavy atom. The van der Waals surface area contributed by atoms with E-state index in [9.17, 15) is 18.0 Å². The van der Waals surface area contributed by atoms with Crippen LogP contribution in [-0.2, 0) is 21.2 Å². The van der Waals surface area contributed by atoms with Crippen LogP contribution >= 0.6 is 0 Å². The van der Waals surface area contributed by atoms with E-state index in [1.165, 1.54) is 30.3 Å². The Bertz CT molecular complexity index is 1340. The molecule has 0 spiro atoms. The molecular formula is C26H28N2O6S. The van der Waals surface area contributed by atoms with Gasteiger partial charge in [0.25, 0.3) is 15.9 Å². The lowest BCUT2D eigenvalue weighted by Gasteiger charge is -2.21. The molecule has 0 atom stereocenters. The van der Waals surface area contributed by atoms with Crippen molar-refractivity contribution in [2.45, 2.75) is 44.6 Å². The first kappa shape index (κ1) is 25.8. The van der Waals surface area contributed by atoms with Crippen LogP contribution in [0.1, 0.15) is 42.3 Å². The predicted molar refractivity (Wildman–Crippen MR) is 134 cm³/mol. The minimum absolute atomic E-state index is 0.0575. The van der Waals surface area contributed by atoms with Gasteiger partial charge in [0.05, 0.1) is 17.0 Å². The molecule has 8 nitrogen and oxygen atoms in total. The van der Waals surface area contributed by atoms with Crippen LogP contribution in [0.2, 0.25) is 0 Å². The second-order valence-electron chi connectivity index (χ2n) is 9.15. The number of aryl methyl sites for hydroxylation is 1. The summed E-state index contributed by atoms with van der Waals surface area (Å²) < 4.78 is 34.6. The van der Waals surface area contributed by atoms with Gasteiger partial charge in [0, 0.05) is 11.1 Å². The Hall–Kier alpha value is -3.85. The topological polar surface area (TPSA) is 122 Å². The van der Waals surface area contributed by atoms with Gasteiger partial charge in [-0.15, -0.1) is 0 Å². The van der Waals surface area contributed by atoms with Crippen LogP contribution in [0.5, 0.6) is 11.5 Å². The molecule has 0 bridgehead atoms. The lowest BCUT2D eigenvalue weighted by Crippen LogP contribution is -2.40. The van der Waals surface area contributed by atoms with Gasteiger partial charge in [0.15, 0.2) is 5.75 Å². The van der Waals surface area contributed by atoms with E-state index in [0.29, 0.717) is 11.3 Å². The summed E-state index contributed by atoms with van der Waals surface area (Å²) in [6, 6.07) is 17.3. The van der Waals surface area contributed by atoms with Crippen molar-refractivity contribution in [2.75, 3.05) is 4.72 Å². The fraction of sp³-hybridized carbons (Fsp3) is 0.231. The highest BCUT2D eigenvalue weighted by Gasteiger charge is 2.21. The zero-order chi connectivity index (χ0) is 25.8. The molecule has 3 N–H and O–H groups in total. The molecule has 3 aromatic rings. The largest absolute Gasteiger partial charge is 0.481 e. The Morgan fingerprint density at radius 1 is 0.971 bits per heavy atom. The summed E-state index contributed by atoms with van der Waals surface area (Å²) in [4.78, 5) is 23.8. The Kier molecular flexibility index (Phi) is 7.50. The van der Waals surface area contributed by atoms with E-state index in [4.69, 9.17) is 9.84 Å². The van der Waals surface area contributed by atoms with Crippen LogP contribution in [-0.4, -0.2) is 30.9 Å². The highest BCUT2D eigenvalue weighted by molar-refractivity contribution is 7.92. The SMILES string of the molecule is Cc1ccc(S(=O)(=O)Nc2cc(C(=O)NC(C)(C)C)ccc2Oc2cccc(CC(=O)O)c2)cc1. The number of amides is 1. The first-order valence-corrected chi connectivity index (χ1v) is 12.4. The fourth-order valence-corrected chi connectivity index (χ4v) is 4.26. The quantitative estimate of drug-likeness (QED) is 0.414. The maximum atomic E-state index is 13.1. The van der Waals surface area contributed by atoms with Crippen LogP contribution in [0.25, 0.3) is 0 Å². The molecule has 0 aliphatic heterocycles. The number of aliphatic carboxylic acids is 1. The molecule has 0 unspecified atom stereocenters. The molecule has 9 heteroatoms. The summed E-state index contributed by atoms with van der Waals surface area (Å²) in [7, 11) is -3.99. The zero-order valence-electron chi connectivity index (χ0n) is 20.0. The normalized spacial score (nSPS) is 11.5. The highest BCUT2D eigenvalue weighted by Crippen LogP contribution is 2.33. The second-order valence-corrected chi connectivity index (χ2v) is 10.8. The number of benzene rings is 3. The van der Waals surface area contributed by atoms with Crippen molar-refractivity contribution in [3.8, 4) is 11.5 Å². The van der Waals surface area contributed by atoms with E-state index >= 15 is 0 Å². The van der Waals surface area contributed by atoms with Crippen LogP contribution in [0.15, 0.2) is 71.6 Å². The van der Waals surface area contributed by atoms with Gasteiger partial charge in [-0.2, -0.15) is 0 Å². The molecule has 184 valence electrons. The maximum Gasteiger partial charge on any atom is 0.307 e. The van der Waals surface area contributed by atoms with Gasteiger partial charge >= 0.3 is 5.97 Å². The number of carbonyl (C=O) groups excluding carboxylic acids is 1. The van der Waals surface area contributed by atoms with Crippen LogP contribution in [0.3, 0.4) is 0 Å². The van der Waals surface area contributed by atoms with Crippen LogP contribution in [0.4, 0.5) is 5.69 Å². The first-order valence-electron chi connectivity index (χ1n) is 10.9. The number of ether oxygens (including phenoxy) is 1. The molecule has 0 aromatic heterocycles.